The highest BCUT2D eigenvalue weighted by Gasteiger charge is 2.47. The number of carbonyl (C=O) groups excluding carboxylic acids is 2. The lowest BCUT2D eigenvalue weighted by atomic mass is 9.95. The fourth-order valence-corrected chi connectivity index (χ4v) is 4.02. The van der Waals surface area contributed by atoms with Crippen LogP contribution in [0, 0.1) is 5.82 Å². The van der Waals surface area contributed by atoms with Gasteiger partial charge in [-0.1, -0.05) is 40.2 Å². The smallest absolute Gasteiger partial charge is 0.301 e. The number of hydrogen-bond donors (Lipinski definition) is 1. The van der Waals surface area contributed by atoms with Gasteiger partial charge in [0, 0.05) is 21.6 Å². The van der Waals surface area contributed by atoms with E-state index in [1.54, 1.807) is 29.6 Å². The van der Waals surface area contributed by atoms with Gasteiger partial charge in [-0.15, -0.1) is 11.3 Å². The molecule has 2 aromatic carbocycles. The molecule has 0 spiro atoms. The molecule has 3 aromatic rings. The van der Waals surface area contributed by atoms with E-state index in [1.807, 2.05) is 0 Å². The van der Waals surface area contributed by atoms with Crippen molar-refractivity contribution in [3.63, 3.8) is 0 Å². The third kappa shape index (κ3) is 3.14. The van der Waals surface area contributed by atoms with Crippen LogP contribution in [0.5, 0.6) is 0 Å². The number of aliphatic hydroxyl groups excluding tert-OH is 1. The molecule has 1 N–H and O–H groups in total. The highest BCUT2D eigenvalue weighted by atomic mass is 79.9. The Morgan fingerprint density at radius 2 is 1.79 bits per heavy atom. The van der Waals surface area contributed by atoms with E-state index < -0.39 is 23.5 Å². The lowest BCUT2D eigenvalue weighted by Gasteiger charge is -2.22. The van der Waals surface area contributed by atoms with Gasteiger partial charge in [-0.3, -0.25) is 14.5 Å². The summed E-state index contributed by atoms with van der Waals surface area (Å²) in [6, 6.07) is 11.3. The second kappa shape index (κ2) is 7.29. The van der Waals surface area contributed by atoms with E-state index in [2.05, 4.69) is 20.9 Å². The average molecular weight is 459 g/mol. The van der Waals surface area contributed by atoms with Crippen molar-refractivity contribution in [3.8, 4) is 0 Å². The third-order valence-corrected chi connectivity index (χ3v) is 5.67. The summed E-state index contributed by atoms with van der Waals surface area (Å²) >= 11 is 4.52. The molecular weight excluding hydrogens is 447 g/mol. The van der Waals surface area contributed by atoms with E-state index in [9.17, 15) is 19.1 Å². The number of aromatic nitrogens is 1. The summed E-state index contributed by atoms with van der Waals surface area (Å²) in [6.07, 6.45) is 1.52. The first kappa shape index (κ1) is 18.5. The number of nitrogens with zero attached hydrogens (tertiary/aromatic N) is 2. The second-order valence-electron chi connectivity index (χ2n) is 6.04. The average Bonchev–Trinajstić information content (AvgIpc) is 3.30. The predicted molar refractivity (Wildman–Crippen MR) is 107 cm³/mol. The zero-order chi connectivity index (χ0) is 19.8. The number of carbonyl (C=O) groups is 2. The molecule has 1 saturated heterocycles. The molecule has 1 atom stereocenters. The van der Waals surface area contributed by atoms with Crippen molar-refractivity contribution in [1.82, 2.24) is 4.98 Å². The normalized spacial score (nSPS) is 18.6. The topological polar surface area (TPSA) is 70.5 Å². The standard InChI is InChI=1S/C20H12BrFN2O3S/c21-13-5-1-12(2-6-13)17(25)15-16(11-3-7-14(22)8-4-11)24(19(27)18(15)26)20-23-9-10-28-20/h1-10,16,25H/b17-15+/t16-/m1/s1. The molecule has 2 heterocycles. The Kier molecular flexibility index (Phi) is 4.82. The molecule has 4 rings (SSSR count). The van der Waals surface area contributed by atoms with Gasteiger partial charge in [0.05, 0.1) is 11.6 Å². The molecule has 28 heavy (non-hydrogen) atoms. The molecule has 140 valence electrons. The van der Waals surface area contributed by atoms with E-state index in [1.165, 1.54) is 46.7 Å². The van der Waals surface area contributed by atoms with Gasteiger partial charge in [0.15, 0.2) is 5.13 Å². The van der Waals surface area contributed by atoms with Crippen LogP contribution in [-0.2, 0) is 9.59 Å². The molecule has 8 heteroatoms. The largest absolute Gasteiger partial charge is 0.507 e. The van der Waals surface area contributed by atoms with E-state index in [-0.39, 0.29) is 11.3 Å². The molecule has 1 fully saturated rings. The zero-order valence-electron chi connectivity index (χ0n) is 14.2. The van der Waals surface area contributed by atoms with Gasteiger partial charge >= 0.3 is 5.91 Å². The summed E-state index contributed by atoms with van der Waals surface area (Å²) in [5, 5.41) is 12.9. The number of thiazole rings is 1. The number of hydrogen-bond acceptors (Lipinski definition) is 5. The molecule has 0 bridgehead atoms. The molecule has 0 radical (unpaired) electrons. The Morgan fingerprint density at radius 3 is 2.39 bits per heavy atom. The maximum Gasteiger partial charge on any atom is 0.301 e. The van der Waals surface area contributed by atoms with Crippen LogP contribution < -0.4 is 4.90 Å². The monoisotopic (exact) mass is 458 g/mol. The lowest BCUT2D eigenvalue weighted by Crippen LogP contribution is -2.29. The van der Waals surface area contributed by atoms with Gasteiger partial charge in [0.25, 0.3) is 5.78 Å². The Balaban J connectivity index is 1.93. The Bertz CT molecular complexity index is 1080. The number of benzene rings is 2. The first-order valence-corrected chi connectivity index (χ1v) is 9.86. The SMILES string of the molecule is O=C1C(=O)N(c2nccs2)[C@H](c2ccc(F)cc2)/C1=C(\O)c1ccc(Br)cc1. The van der Waals surface area contributed by atoms with Gasteiger partial charge < -0.3 is 5.11 Å². The van der Waals surface area contributed by atoms with Crippen LogP contribution in [0.25, 0.3) is 5.76 Å². The number of rotatable bonds is 3. The molecule has 1 aliphatic rings. The van der Waals surface area contributed by atoms with Crippen LogP contribution in [-0.4, -0.2) is 21.8 Å². The fourth-order valence-electron chi connectivity index (χ4n) is 3.09. The summed E-state index contributed by atoms with van der Waals surface area (Å²) in [5.41, 5.74) is 0.830. The molecule has 0 saturated carbocycles. The van der Waals surface area contributed by atoms with Crippen LogP contribution in [0.3, 0.4) is 0 Å². The van der Waals surface area contributed by atoms with Crippen LogP contribution in [0.4, 0.5) is 9.52 Å². The number of ketones is 1. The molecule has 0 unspecified atom stereocenters. The van der Waals surface area contributed by atoms with Crippen LogP contribution in [0.2, 0.25) is 0 Å². The van der Waals surface area contributed by atoms with Gasteiger partial charge in [-0.05, 0) is 29.8 Å². The number of amides is 1. The quantitative estimate of drug-likeness (QED) is 0.351. The van der Waals surface area contributed by atoms with Crippen molar-refractivity contribution in [3.05, 3.63) is 87.1 Å². The molecule has 1 aromatic heterocycles. The van der Waals surface area contributed by atoms with Crippen molar-refractivity contribution < 1.29 is 19.1 Å². The Labute approximate surface area is 171 Å². The van der Waals surface area contributed by atoms with Crippen LogP contribution in [0.1, 0.15) is 17.2 Å². The third-order valence-electron chi connectivity index (χ3n) is 4.37. The van der Waals surface area contributed by atoms with Crippen molar-refractivity contribution in [2.45, 2.75) is 6.04 Å². The van der Waals surface area contributed by atoms with E-state index in [0.717, 1.165) is 4.47 Å². The number of anilines is 1. The molecule has 1 amide bonds. The number of aliphatic hydroxyl groups is 1. The maximum absolute atomic E-state index is 13.4. The van der Waals surface area contributed by atoms with Crippen LogP contribution >= 0.6 is 27.3 Å². The van der Waals surface area contributed by atoms with E-state index in [0.29, 0.717) is 16.3 Å². The fraction of sp³-hybridized carbons (Fsp3) is 0.0500. The highest BCUT2D eigenvalue weighted by molar-refractivity contribution is 9.10. The van der Waals surface area contributed by atoms with Gasteiger partial charge in [0.1, 0.15) is 11.6 Å². The lowest BCUT2D eigenvalue weighted by molar-refractivity contribution is -0.132. The second-order valence-corrected chi connectivity index (χ2v) is 7.83. The summed E-state index contributed by atoms with van der Waals surface area (Å²) in [7, 11) is 0. The maximum atomic E-state index is 13.4. The van der Waals surface area contributed by atoms with Gasteiger partial charge in [0.2, 0.25) is 0 Å². The minimum atomic E-state index is -0.907. The minimum absolute atomic E-state index is 0.0610. The first-order valence-electron chi connectivity index (χ1n) is 8.19. The predicted octanol–water partition coefficient (Wildman–Crippen LogP) is 4.67. The van der Waals surface area contributed by atoms with E-state index >= 15 is 0 Å². The summed E-state index contributed by atoms with van der Waals surface area (Å²) in [5.74, 6) is -2.34. The molecule has 0 aliphatic carbocycles. The highest BCUT2D eigenvalue weighted by Crippen LogP contribution is 2.42. The number of Topliss-reactive ketones (excluding diaryl/α,β-unsaturated/α-hetero) is 1. The first-order chi connectivity index (χ1) is 13.5. The van der Waals surface area contributed by atoms with Crippen molar-refractivity contribution in [2.75, 3.05) is 4.90 Å². The van der Waals surface area contributed by atoms with E-state index in [4.69, 9.17) is 0 Å². The number of halogens is 2. The Morgan fingerprint density at radius 1 is 1.11 bits per heavy atom. The summed E-state index contributed by atoms with van der Waals surface area (Å²) in [4.78, 5) is 31.0. The molecule has 1 aliphatic heterocycles. The summed E-state index contributed by atoms with van der Waals surface area (Å²) < 4.78 is 14.2. The molecular formula is C20H12BrFN2O3S. The van der Waals surface area contributed by atoms with Gasteiger partial charge in [-0.2, -0.15) is 0 Å². The molecule has 5 nitrogen and oxygen atoms in total. The van der Waals surface area contributed by atoms with Crippen molar-refractivity contribution >= 4 is 49.8 Å². The van der Waals surface area contributed by atoms with Gasteiger partial charge in [-0.25, -0.2) is 9.37 Å². The Hall–Kier alpha value is -2.84. The summed E-state index contributed by atoms with van der Waals surface area (Å²) in [6.45, 7) is 0. The van der Waals surface area contributed by atoms with Crippen LogP contribution in [0.15, 0.2) is 70.2 Å². The van der Waals surface area contributed by atoms with Crippen molar-refractivity contribution in [1.29, 1.82) is 0 Å². The zero-order valence-corrected chi connectivity index (χ0v) is 16.6. The van der Waals surface area contributed by atoms with Crippen molar-refractivity contribution in [2.24, 2.45) is 0 Å². The minimum Gasteiger partial charge on any atom is -0.507 e.